The average molecular weight is 381 g/mol. The van der Waals surface area contributed by atoms with Crippen LogP contribution in [0.5, 0.6) is 5.75 Å². The van der Waals surface area contributed by atoms with Gasteiger partial charge in [-0.2, -0.15) is 0 Å². The van der Waals surface area contributed by atoms with E-state index in [9.17, 15) is 4.79 Å². The number of nitrogens with zero attached hydrogens (tertiary/aromatic N) is 2. The lowest BCUT2D eigenvalue weighted by atomic mass is 10.1. The number of carbonyl (C=O) groups is 1. The van der Waals surface area contributed by atoms with Gasteiger partial charge in [-0.3, -0.25) is 4.79 Å². The lowest BCUT2D eigenvalue weighted by Crippen LogP contribution is -2.50. The molecule has 1 saturated heterocycles. The highest BCUT2D eigenvalue weighted by atomic mass is 35.5. The minimum Gasteiger partial charge on any atom is -0.484 e. The van der Waals surface area contributed by atoms with Crippen LogP contribution in [0.25, 0.3) is 10.8 Å². The molecule has 0 saturated carbocycles. The van der Waals surface area contributed by atoms with Crippen LogP contribution in [0.1, 0.15) is 0 Å². The first kappa shape index (κ1) is 17.7. The van der Waals surface area contributed by atoms with E-state index in [2.05, 4.69) is 11.0 Å². The van der Waals surface area contributed by atoms with Gasteiger partial charge in [-0.15, -0.1) is 0 Å². The fourth-order valence-corrected chi connectivity index (χ4v) is 3.65. The van der Waals surface area contributed by atoms with Crippen LogP contribution in [0.2, 0.25) is 5.02 Å². The lowest BCUT2D eigenvalue weighted by Gasteiger charge is -2.36. The SMILES string of the molecule is O=C(COc1ccc2ccccc2c1)N1CCN(c2ccccc2Cl)CC1. The van der Waals surface area contributed by atoms with Crippen molar-refractivity contribution < 1.29 is 9.53 Å². The number of rotatable bonds is 4. The van der Waals surface area contributed by atoms with E-state index in [1.165, 1.54) is 0 Å². The summed E-state index contributed by atoms with van der Waals surface area (Å²) in [5.41, 5.74) is 1.03. The van der Waals surface area contributed by atoms with Gasteiger partial charge in [0.05, 0.1) is 10.7 Å². The minimum atomic E-state index is 0.0157. The number of hydrogen-bond donors (Lipinski definition) is 0. The van der Waals surface area contributed by atoms with Crippen LogP contribution in [0.15, 0.2) is 66.7 Å². The number of carbonyl (C=O) groups excluding carboxylic acids is 1. The summed E-state index contributed by atoms with van der Waals surface area (Å²) in [7, 11) is 0. The molecular weight excluding hydrogens is 360 g/mol. The molecule has 0 atom stereocenters. The molecule has 1 aliphatic rings. The normalized spacial score (nSPS) is 14.4. The first-order chi connectivity index (χ1) is 13.2. The molecule has 0 bridgehead atoms. The van der Waals surface area contributed by atoms with Gasteiger partial charge in [0.15, 0.2) is 6.61 Å². The van der Waals surface area contributed by atoms with Crippen LogP contribution in [0, 0.1) is 0 Å². The van der Waals surface area contributed by atoms with Crippen molar-refractivity contribution >= 4 is 34.0 Å². The highest BCUT2D eigenvalue weighted by molar-refractivity contribution is 6.33. The van der Waals surface area contributed by atoms with Crippen LogP contribution >= 0.6 is 11.6 Å². The quantitative estimate of drug-likeness (QED) is 0.679. The number of hydrogen-bond acceptors (Lipinski definition) is 3. The van der Waals surface area contributed by atoms with Crippen molar-refractivity contribution in [3.8, 4) is 5.75 Å². The summed E-state index contributed by atoms with van der Waals surface area (Å²) in [5.74, 6) is 0.735. The molecule has 5 heteroatoms. The molecule has 1 aliphatic heterocycles. The van der Waals surface area contributed by atoms with Gasteiger partial charge in [0.2, 0.25) is 0 Å². The van der Waals surface area contributed by atoms with Crippen LogP contribution in [0.4, 0.5) is 5.69 Å². The molecule has 138 valence electrons. The Labute approximate surface area is 163 Å². The molecule has 0 aromatic heterocycles. The van der Waals surface area contributed by atoms with Gasteiger partial charge in [-0.1, -0.05) is 54.1 Å². The van der Waals surface area contributed by atoms with Crippen molar-refractivity contribution in [1.29, 1.82) is 0 Å². The molecule has 0 aliphatic carbocycles. The molecule has 0 unspecified atom stereocenters. The van der Waals surface area contributed by atoms with Crippen molar-refractivity contribution in [3.05, 3.63) is 71.8 Å². The van der Waals surface area contributed by atoms with Gasteiger partial charge in [0, 0.05) is 26.2 Å². The number of anilines is 1. The third-order valence-electron chi connectivity index (χ3n) is 4.91. The van der Waals surface area contributed by atoms with Gasteiger partial charge in [0.1, 0.15) is 5.75 Å². The second-order valence-electron chi connectivity index (χ2n) is 6.62. The van der Waals surface area contributed by atoms with E-state index >= 15 is 0 Å². The van der Waals surface area contributed by atoms with Crippen LogP contribution in [-0.2, 0) is 4.79 Å². The van der Waals surface area contributed by atoms with E-state index in [0.29, 0.717) is 13.1 Å². The fraction of sp³-hybridized carbons (Fsp3) is 0.227. The Morgan fingerprint density at radius 1 is 0.889 bits per heavy atom. The predicted molar refractivity (Wildman–Crippen MR) is 110 cm³/mol. The zero-order valence-corrected chi connectivity index (χ0v) is 15.7. The largest absolute Gasteiger partial charge is 0.484 e. The monoisotopic (exact) mass is 380 g/mol. The highest BCUT2D eigenvalue weighted by Gasteiger charge is 2.22. The van der Waals surface area contributed by atoms with Crippen LogP contribution in [0.3, 0.4) is 0 Å². The molecule has 27 heavy (non-hydrogen) atoms. The van der Waals surface area contributed by atoms with Gasteiger partial charge in [0.25, 0.3) is 5.91 Å². The van der Waals surface area contributed by atoms with Crippen molar-refractivity contribution in [2.75, 3.05) is 37.7 Å². The fourth-order valence-electron chi connectivity index (χ4n) is 3.40. The van der Waals surface area contributed by atoms with Crippen molar-refractivity contribution in [2.24, 2.45) is 0 Å². The zero-order chi connectivity index (χ0) is 18.6. The number of piperazine rings is 1. The molecule has 0 N–H and O–H groups in total. The summed E-state index contributed by atoms with van der Waals surface area (Å²) < 4.78 is 5.73. The molecule has 3 aromatic rings. The minimum absolute atomic E-state index is 0.0157. The van der Waals surface area contributed by atoms with Crippen LogP contribution < -0.4 is 9.64 Å². The Morgan fingerprint density at radius 3 is 2.37 bits per heavy atom. The second-order valence-corrected chi connectivity index (χ2v) is 7.02. The van der Waals surface area contributed by atoms with Gasteiger partial charge >= 0.3 is 0 Å². The number of para-hydroxylation sites is 1. The first-order valence-electron chi connectivity index (χ1n) is 9.09. The summed E-state index contributed by atoms with van der Waals surface area (Å²) >= 11 is 6.27. The number of fused-ring (bicyclic) bond motifs is 1. The highest BCUT2D eigenvalue weighted by Crippen LogP contribution is 2.26. The van der Waals surface area contributed by atoms with Gasteiger partial charge in [-0.25, -0.2) is 0 Å². The predicted octanol–water partition coefficient (Wildman–Crippen LogP) is 4.22. The number of ether oxygens (including phenoxy) is 1. The first-order valence-corrected chi connectivity index (χ1v) is 9.47. The van der Waals surface area contributed by atoms with Crippen LogP contribution in [-0.4, -0.2) is 43.6 Å². The average Bonchev–Trinajstić information content (AvgIpc) is 2.72. The molecule has 0 spiro atoms. The van der Waals surface area contributed by atoms with Gasteiger partial charge in [-0.05, 0) is 35.0 Å². The summed E-state index contributed by atoms with van der Waals surface area (Å²) in [4.78, 5) is 16.6. The zero-order valence-electron chi connectivity index (χ0n) is 15.0. The standard InChI is InChI=1S/C22H21ClN2O2/c23-20-7-3-4-8-21(20)24-11-13-25(14-12-24)22(26)16-27-19-10-9-17-5-1-2-6-18(17)15-19/h1-10,15H,11-14,16H2. The van der Waals surface area contributed by atoms with Crippen molar-refractivity contribution in [3.63, 3.8) is 0 Å². The summed E-state index contributed by atoms with van der Waals surface area (Å²) in [5, 5.41) is 3.01. The number of benzene rings is 3. The van der Waals surface area contributed by atoms with E-state index in [1.807, 2.05) is 65.6 Å². The molecule has 0 radical (unpaired) electrons. The summed E-state index contributed by atoms with van der Waals surface area (Å²) in [6, 6.07) is 21.8. The third-order valence-corrected chi connectivity index (χ3v) is 5.23. The van der Waals surface area contributed by atoms with E-state index in [1.54, 1.807) is 0 Å². The number of halogens is 1. The Bertz CT molecular complexity index is 952. The van der Waals surface area contributed by atoms with E-state index < -0.39 is 0 Å². The van der Waals surface area contributed by atoms with Crippen molar-refractivity contribution in [2.45, 2.75) is 0 Å². The smallest absolute Gasteiger partial charge is 0.260 e. The Morgan fingerprint density at radius 2 is 1.59 bits per heavy atom. The Hall–Kier alpha value is -2.72. The second kappa shape index (κ2) is 7.89. The number of amides is 1. The van der Waals surface area contributed by atoms with E-state index in [0.717, 1.165) is 40.3 Å². The van der Waals surface area contributed by atoms with E-state index in [-0.39, 0.29) is 12.5 Å². The Balaban J connectivity index is 1.32. The van der Waals surface area contributed by atoms with E-state index in [4.69, 9.17) is 16.3 Å². The van der Waals surface area contributed by atoms with Crippen molar-refractivity contribution in [1.82, 2.24) is 4.90 Å². The molecule has 1 fully saturated rings. The maximum absolute atomic E-state index is 12.5. The molecule has 3 aromatic carbocycles. The molecule has 1 heterocycles. The maximum atomic E-state index is 12.5. The summed E-state index contributed by atoms with van der Waals surface area (Å²) in [6.45, 7) is 2.94. The molecular formula is C22H21ClN2O2. The summed E-state index contributed by atoms with van der Waals surface area (Å²) in [6.07, 6.45) is 0. The molecule has 4 rings (SSSR count). The molecule has 4 nitrogen and oxygen atoms in total. The third kappa shape index (κ3) is 4.01. The topological polar surface area (TPSA) is 32.8 Å². The maximum Gasteiger partial charge on any atom is 0.260 e. The molecule has 1 amide bonds. The van der Waals surface area contributed by atoms with Gasteiger partial charge < -0.3 is 14.5 Å². The Kier molecular flexibility index (Phi) is 5.16. The lowest BCUT2D eigenvalue weighted by molar-refractivity contribution is -0.133.